The predicted molar refractivity (Wildman–Crippen MR) is 96.6 cm³/mol. The fourth-order valence-electron chi connectivity index (χ4n) is 3.45. The van der Waals surface area contributed by atoms with Gasteiger partial charge in [0.2, 0.25) is 11.3 Å². The average Bonchev–Trinajstić information content (AvgIpc) is 2.64. The Morgan fingerprint density at radius 2 is 1.82 bits per heavy atom. The minimum atomic E-state index is -1.52. The van der Waals surface area contributed by atoms with Crippen molar-refractivity contribution >= 4 is 28.5 Å². The first kappa shape index (κ1) is 19.7. The molecule has 150 valence electrons. The third-order valence-electron chi connectivity index (χ3n) is 4.84. The maximum absolute atomic E-state index is 15.3. The standard InChI is InChI=1S/C18H19F2N3O5/c1-10(25)21-2-4-22(5-3-21)16-13(19)8-11-15(14(16)20)23(6-7-24)9-12(17(11)26)18(27)28/h8-9,24H,2-7H2,1H3,(H,27,28). The number of hydrogen-bond donors (Lipinski definition) is 2. The van der Waals surface area contributed by atoms with E-state index in [1.165, 1.54) is 11.8 Å². The molecule has 0 atom stereocenters. The molecule has 3 rings (SSSR count). The van der Waals surface area contributed by atoms with Crippen molar-refractivity contribution in [2.24, 2.45) is 0 Å². The molecule has 1 fully saturated rings. The number of fused-ring (bicyclic) bond motifs is 1. The molecule has 28 heavy (non-hydrogen) atoms. The highest BCUT2D eigenvalue weighted by molar-refractivity contribution is 5.93. The van der Waals surface area contributed by atoms with Crippen LogP contribution in [0.2, 0.25) is 0 Å². The molecule has 0 spiro atoms. The number of carbonyl (C=O) groups excluding carboxylic acids is 1. The van der Waals surface area contributed by atoms with E-state index in [9.17, 15) is 29.0 Å². The summed E-state index contributed by atoms with van der Waals surface area (Å²) in [5, 5.41) is 18.0. The molecule has 0 saturated carbocycles. The number of carbonyl (C=O) groups is 2. The van der Waals surface area contributed by atoms with Gasteiger partial charge in [0.15, 0.2) is 5.82 Å². The smallest absolute Gasteiger partial charge is 0.341 e. The van der Waals surface area contributed by atoms with Crippen LogP contribution in [0.3, 0.4) is 0 Å². The lowest BCUT2D eigenvalue weighted by Gasteiger charge is -2.36. The first-order valence-corrected chi connectivity index (χ1v) is 8.66. The van der Waals surface area contributed by atoms with Crippen LogP contribution >= 0.6 is 0 Å². The van der Waals surface area contributed by atoms with Crippen LogP contribution in [0.4, 0.5) is 14.5 Å². The summed E-state index contributed by atoms with van der Waals surface area (Å²) in [4.78, 5) is 38.1. The molecule has 0 bridgehead atoms. The Labute approximate surface area is 158 Å². The number of carboxylic acid groups (broad SMARTS) is 1. The Morgan fingerprint density at radius 3 is 2.36 bits per heavy atom. The van der Waals surface area contributed by atoms with Gasteiger partial charge in [0.1, 0.15) is 17.1 Å². The number of nitrogens with zero attached hydrogens (tertiary/aromatic N) is 3. The molecule has 1 amide bonds. The maximum Gasteiger partial charge on any atom is 0.341 e. The molecule has 0 unspecified atom stereocenters. The molecule has 2 aromatic rings. The fraction of sp³-hybridized carbons (Fsp3) is 0.389. The summed E-state index contributed by atoms with van der Waals surface area (Å²) in [6.45, 7) is 1.83. The molecule has 1 aliphatic heterocycles. The van der Waals surface area contributed by atoms with E-state index in [0.29, 0.717) is 13.1 Å². The third-order valence-corrected chi connectivity index (χ3v) is 4.84. The van der Waals surface area contributed by atoms with Gasteiger partial charge in [-0.1, -0.05) is 0 Å². The van der Waals surface area contributed by atoms with Crippen molar-refractivity contribution in [3.8, 4) is 0 Å². The second-order valence-corrected chi connectivity index (χ2v) is 6.50. The van der Waals surface area contributed by atoms with Gasteiger partial charge in [0, 0.05) is 45.8 Å². The Bertz CT molecular complexity index is 1010. The topological polar surface area (TPSA) is 103 Å². The van der Waals surface area contributed by atoms with Crippen LogP contribution in [0, 0.1) is 11.6 Å². The van der Waals surface area contributed by atoms with E-state index in [1.807, 2.05) is 0 Å². The van der Waals surface area contributed by atoms with Crippen LogP contribution in [0.1, 0.15) is 17.3 Å². The highest BCUT2D eigenvalue weighted by atomic mass is 19.1. The van der Waals surface area contributed by atoms with Gasteiger partial charge in [-0.2, -0.15) is 0 Å². The molecule has 8 nitrogen and oxygen atoms in total. The van der Waals surface area contributed by atoms with E-state index in [2.05, 4.69) is 0 Å². The molecular formula is C18H19F2N3O5. The number of aliphatic hydroxyl groups is 1. The summed E-state index contributed by atoms with van der Waals surface area (Å²) in [7, 11) is 0. The monoisotopic (exact) mass is 395 g/mol. The highest BCUT2D eigenvalue weighted by Gasteiger charge is 2.27. The van der Waals surface area contributed by atoms with E-state index in [0.717, 1.165) is 16.8 Å². The molecule has 1 saturated heterocycles. The van der Waals surface area contributed by atoms with Gasteiger partial charge in [-0.25, -0.2) is 13.6 Å². The number of hydrogen-bond acceptors (Lipinski definition) is 5. The number of amides is 1. The van der Waals surface area contributed by atoms with E-state index in [4.69, 9.17) is 0 Å². The van der Waals surface area contributed by atoms with Crippen LogP contribution in [-0.2, 0) is 11.3 Å². The second kappa shape index (κ2) is 7.55. The van der Waals surface area contributed by atoms with Gasteiger partial charge in [-0.05, 0) is 6.07 Å². The van der Waals surface area contributed by atoms with Crippen molar-refractivity contribution in [3.05, 3.63) is 39.7 Å². The lowest BCUT2D eigenvalue weighted by Crippen LogP contribution is -2.48. The second-order valence-electron chi connectivity index (χ2n) is 6.50. The number of rotatable bonds is 4. The third kappa shape index (κ3) is 3.31. The van der Waals surface area contributed by atoms with Crippen LogP contribution in [0.25, 0.3) is 10.9 Å². The normalized spacial score (nSPS) is 14.6. The number of halogens is 2. The number of benzene rings is 1. The van der Waals surface area contributed by atoms with Gasteiger partial charge in [0.05, 0.1) is 17.5 Å². The first-order chi connectivity index (χ1) is 13.3. The molecule has 0 aliphatic carbocycles. The summed E-state index contributed by atoms with van der Waals surface area (Å²) < 4.78 is 31.2. The van der Waals surface area contributed by atoms with E-state index in [1.54, 1.807) is 4.90 Å². The van der Waals surface area contributed by atoms with E-state index >= 15 is 4.39 Å². The number of anilines is 1. The number of carboxylic acids is 1. The molecular weight excluding hydrogens is 376 g/mol. The number of piperazine rings is 1. The van der Waals surface area contributed by atoms with Gasteiger partial charge in [0.25, 0.3) is 0 Å². The van der Waals surface area contributed by atoms with Crippen molar-refractivity contribution in [1.82, 2.24) is 9.47 Å². The zero-order chi connectivity index (χ0) is 20.6. The summed E-state index contributed by atoms with van der Waals surface area (Å²) in [6.07, 6.45) is 0.946. The number of aromatic nitrogens is 1. The van der Waals surface area contributed by atoms with Crippen LogP contribution in [-0.4, -0.2) is 64.3 Å². The molecule has 1 aromatic carbocycles. The van der Waals surface area contributed by atoms with Gasteiger partial charge in [-0.3, -0.25) is 9.59 Å². The Hall–Kier alpha value is -3.01. The lowest BCUT2D eigenvalue weighted by atomic mass is 10.1. The van der Waals surface area contributed by atoms with Crippen LogP contribution in [0.5, 0.6) is 0 Å². The average molecular weight is 395 g/mol. The quantitative estimate of drug-likeness (QED) is 0.788. The fourth-order valence-corrected chi connectivity index (χ4v) is 3.45. The first-order valence-electron chi connectivity index (χ1n) is 8.66. The Balaban J connectivity index is 2.18. The number of aliphatic hydroxyl groups excluding tert-OH is 1. The zero-order valence-electron chi connectivity index (χ0n) is 15.1. The van der Waals surface area contributed by atoms with Crippen molar-refractivity contribution < 1.29 is 28.6 Å². The van der Waals surface area contributed by atoms with Gasteiger partial charge < -0.3 is 24.6 Å². The SMILES string of the molecule is CC(=O)N1CCN(c2c(F)cc3c(=O)c(C(=O)O)cn(CCO)c3c2F)CC1. The summed E-state index contributed by atoms with van der Waals surface area (Å²) in [5.74, 6) is -3.65. The molecule has 2 N–H and O–H groups in total. The zero-order valence-corrected chi connectivity index (χ0v) is 15.1. The van der Waals surface area contributed by atoms with Crippen LogP contribution < -0.4 is 10.3 Å². The van der Waals surface area contributed by atoms with Crippen molar-refractivity contribution in [1.29, 1.82) is 0 Å². The van der Waals surface area contributed by atoms with Gasteiger partial charge >= 0.3 is 5.97 Å². The maximum atomic E-state index is 15.3. The van der Waals surface area contributed by atoms with E-state index < -0.39 is 40.6 Å². The number of aromatic carboxylic acids is 1. The summed E-state index contributed by atoms with van der Waals surface area (Å²) in [6, 6.07) is 0.827. The minimum Gasteiger partial charge on any atom is -0.477 e. The van der Waals surface area contributed by atoms with Crippen molar-refractivity contribution in [2.75, 3.05) is 37.7 Å². The van der Waals surface area contributed by atoms with Gasteiger partial charge in [-0.15, -0.1) is 0 Å². The lowest BCUT2D eigenvalue weighted by molar-refractivity contribution is -0.129. The molecule has 1 aliphatic rings. The van der Waals surface area contributed by atoms with Crippen molar-refractivity contribution in [3.63, 3.8) is 0 Å². The molecule has 10 heteroatoms. The molecule has 1 aromatic heterocycles. The minimum absolute atomic E-state index is 0.128. The summed E-state index contributed by atoms with van der Waals surface area (Å²) >= 11 is 0. The van der Waals surface area contributed by atoms with E-state index in [-0.39, 0.29) is 36.7 Å². The molecule has 2 heterocycles. The van der Waals surface area contributed by atoms with Crippen molar-refractivity contribution in [2.45, 2.75) is 13.5 Å². The van der Waals surface area contributed by atoms with Crippen LogP contribution in [0.15, 0.2) is 17.1 Å². The largest absolute Gasteiger partial charge is 0.477 e. The molecule has 0 radical (unpaired) electrons. The summed E-state index contributed by atoms with van der Waals surface area (Å²) in [5.41, 5.74) is -2.25. The Kier molecular flexibility index (Phi) is 5.32. The number of pyridine rings is 1. The Morgan fingerprint density at radius 1 is 1.18 bits per heavy atom. The highest BCUT2D eigenvalue weighted by Crippen LogP contribution is 2.30. The predicted octanol–water partition coefficient (Wildman–Crippen LogP) is 0.639.